The summed E-state index contributed by atoms with van der Waals surface area (Å²) >= 11 is 0. The molecule has 0 atom stereocenters. The molecular weight excluding hydrogens is 248 g/mol. The highest BCUT2D eigenvalue weighted by molar-refractivity contribution is 6.45. The predicted octanol–water partition coefficient (Wildman–Crippen LogP) is -0.227. The third kappa shape index (κ3) is 4.87. The van der Waals surface area contributed by atoms with Crippen molar-refractivity contribution in [3.8, 4) is 6.07 Å². The van der Waals surface area contributed by atoms with Crippen LogP contribution in [-0.4, -0.2) is 29.3 Å². The number of oxime groups is 1. The summed E-state index contributed by atoms with van der Waals surface area (Å²) < 4.78 is 0. The fourth-order valence-corrected chi connectivity index (χ4v) is 1.22. The van der Waals surface area contributed by atoms with Crippen LogP contribution in [0.1, 0.15) is 5.56 Å². The molecule has 0 bridgehead atoms. The van der Waals surface area contributed by atoms with Crippen molar-refractivity contribution in [1.29, 1.82) is 5.26 Å². The molecule has 0 radical (unpaired) electrons. The van der Waals surface area contributed by atoms with E-state index in [2.05, 4.69) is 15.8 Å². The Morgan fingerprint density at radius 1 is 1.26 bits per heavy atom. The van der Waals surface area contributed by atoms with Gasteiger partial charge in [-0.3, -0.25) is 9.59 Å². The van der Waals surface area contributed by atoms with Crippen LogP contribution in [0.15, 0.2) is 35.5 Å². The maximum absolute atomic E-state index is 11.4. The van der Waals surface area contributed by atoms with E-state index >= 15 is 0 Å². The van der Waals surface area contributed by atoms with E-state index in [-0.39, 0.29) is 6.54 Å². The monoisotopic (exact) mass is 260 g/mol. The number of hydrogen-bond acceptors (Lipinski definition) is 5. The lowest BCUT2D eigenvalue weighted by Gasteiger charge is -2.05. The first-order valence-corrected chi connectivity index (χ1v) is 5.38. The number of hydrogen-bond donors (Lipinski definition) is 3. The molecule has 0 aromatic heterocycles. The average Bonchev–Trinajstić information content (AvgIpc) is 2.45. The van der Waals surface area contributed by atoms with Crippen molar-refractivity contribution in [2.24, 2.45) is 5.16 Å². The summed E-state index contributed by atoms with van der Waals surface area (Å²) in [6, 6.07) is 10.7. The van der Waals surface area contributed by atoms with Gasteiger partial charge in [0.2, 0.25) is 11.6 Å². The Balaban J connectivity index is 2.33. The number of nitriles is 1. The van der Waals surface area contributed by atoms with Gasteiger partial charge < -0.3 is 15.8 Å². The number of benzene rings is 1. The SMILES string of the molecule is N#C/C(=N\O)C(=O)NCC(=O)NCc1ccccc1. The smallest absolute Gasteiger partial charge is 0.284 e. The molecule has 0 aliphatic rings. The molecule has 0 heterocycles. The largest absolute Gasteiger partial charge is 0.410 e. The molecular formula is C12H12N4O3. The predicted molar refractivity (Wildman–Crippen MR) is 66.1 cm³/mol. The van der Waals surface area contributed by atoms with Gasteiger partial charge in [0.15, 0.2) is 0 Å². The highest BCUT2D eigenvalue weighted by Gasteiger charge is 2.12. The number of amides is 2. The van der Waals surface area contributed by atoms with Gasteiger partial charge in [-0.05, 0) is 5.56 Å². The molecule has 0 fully saturated rings. The maximum atomic E-state index is 11.4. The third-order valence-corrected chi connectivity index (χ3v) is 2.16. The second kappa shape index (κ2) is 7.45. The van der Waals surface area contributed by atoms with Crippen LogP contribution in [0.5, 0.6) is 0 Å². The minimum absolute atomic E-state index is 0.299. The molecule has 1 aromatic rings. The zero-order valence-corrected chi connectivity index (χ0v) is 9.96. The second-order valence-electron chi connectivity index (χ2n) is 3.51. The first kappa shape index (κ1) is 14.2. The molecule has 0 aliphatic heterocycles. The zero-order chi connectivity index (χ0) is 14.1. The molecule has 3 N–H and O–H groups in total. The van der Waals surface area contributed by atoms with Gasteiger partial charge in [-0.15, -0.1) is 0 Å². The Morgan fingerprint density at radius 3 is 2.53 bits per heavy atom. The lowest BCUT2D eigenvalue weighted by molar-refractivity contribution is -0.123. The van der Waals surface area contributed by atoms with Crippen molar-refractivity contribution in [2.75, 3.05) is 6.54 Å². The summed E-state index contributed by atoms with van der Waals surface area (Å²) in [6.07, 6.45) is 0. The van der Waals surface area contributed by atoms with E-state index in [9.17, 15) is 9.59 Å². The number of nitrogens with one attached hydrogen (secondary N) is 2. The fraction of sp³-hybridized carbons (Fsp3) is 0.167. The van der Waals surface area contributed by atoms with E-state index in [0.717, 1.165) is 5.56 Å². The van der Waals surface area contributed by atoms with Crippen LogP contribution in [-0.2, 0) is 16.1 Å². The third-order valence-electron chi connectivity index (χ3n) is 2.16. The molecule has 7 heteroatoms. The van der Waals surface area contributed by atoms with Crippen LogP contribution in [0.2, 0.25) is 0 Å². The van der Waals surface area contributed by atoms with E-state index < -0.39 is 17.5 Å². The van der Waals surface area contributed by atoms with Gasteiger partial charge in [0.05, 0.1) is 6.54 Å². The van der Waals surface area contributed by atoms with Gasteiger partial charge in [0.1, 0.15) is 6.07 Å². The van der Waals surface area contributed by atoms with E-state index in [1.54, 1.807) is 0 Å². The fourth-order valence-electron chi connectivity index (χ4n) is 1.22. The van der Waals surface area contributed by atoms with Gasteiger partial charge in [-0.1, -0.05) is 35.5 Å². The first-order valence-electron chi connectivity index (χ1n) is 5.38. The Bertz CT molecular complexity index is 520. The van der Waals surface area contributed by atoms with E-state index in [1.165, 1.54) is 6.07 Å². The van der Waals surface area contributed by atoms with Gasteiger partial charge in [-0.25, -0.2) is 0 Å². The number of carbonyl (C=O) groups is 2. The summed E-state index contributed by atoms with van der Waals surface area (Å²) in [5.74, 6) is -1.31. The lowest BCUT2D eigenvalue weighted by Crippen LogP contribution is -2.39. The van der Waals surface area contributed by atoms with Gasteiger partial charge in [0, 0.05) is 6.54 Å². The van der Waals surface area contributed by atoms with Crippen LogP contribution in [0.25, 0.3) is 0 Å². The Labute approximate surface area is 109 Å². The van der Waals surface area contributed by atoms with Crippen LogP contribution in [0.4, 0.5) is 0 Å². The van der Waals surface area contributed by atoms with Gasteiger partial charge in [-0.2, -0.15) is 5.26 Å². The molecule has 2 amide bonds. The van der Waals surface area contributed by atoms with Crippen LogP contribution >= 0.6 is 0 Å². The van der Waals surface area contributed by atoms with Crippen molar-refractivity contribution < 1.29 is 14.8 Å². The van der Waals surface area contributed by atoms with Crippen LogP contribution in [0, 0.1) is 11.3 Å². The van der Waals surface area contributed by atoms with Crippen LogP contribution < -0.4 is 10.6 Å². The molecule has 0 saturated carbocycles. The topological polar surface area (TPSA) is 115 Å². The zero-order valence-electron chi connectivity index (χ0n) is 9.96. The van der Waals surface area contributed by atoms with Crippen LogP contribution in [0.3, 0.4) is 0 Å². The summed E-state index contributed by atoms with van der Waals surface area (Å²) in [6.45, 7) is 0.0428. The molecule has 1 rings (SSSR count). The van der Waals surface area contributed by atoms with Crippen molar-refractivity contribution >= 4 is 17.5 Å². The van der Waals surface area contributed by atoms with Gasteiger partial charge >= 0.3 is 0 Å². The number of nitrogens with zero attached hydrogens (tertiary/aromatic N) is 2. The lowest BCUT2D eigenvalue weighted by atomic mass is 10.2. The standard InChI is InChI=1S/C12H12N4O3/c13-6-10(16-19)12(18)15-8-11(17)14-7-9-4-2-1-3-5-9/h1-5,19H,7-8H2,(H,14,17)(H,15,18)/b16-10+. The summed E-state index contributed by atoms with van der Waals surface area (Å²) in [5.41, 5.74) is 0.229. The van der Waals surface area contributed by atoms with E-state index in [4.69, 9.17) is 10.5 Å². The van der Waals surface area contributed by atoms with Gasteiger partial charge in [0.25, 0.3) is 5.91 Å². The van der Waals surface area contributed by atoms with E-state index in [0.29, 0.717) is 6.54 Å². The molecule has 0 saturated heterocycles. The molecule has 7 nitrogen and oxygen atoms in total. The van der Waals surface area contributed by atoms with Crippen molar-refractivity contribution in [3.05, 3.63) is 35.9 Å². The first-order chi connectivity index (χ1) is 9.17. The molecule has 0 spiro atoms. The quantitative estimate of drug-likeness (QED) is 0.385. The minimum atomic E-state index is -0.903. The maximum Gasteiger partial charge on any atom is 0.284 e. The second-order valence-corrected chi connectivity index (χ2v) is 3.51. The Morgan fingerprint density at radius 2 is 1.95 bits per heavy atom. The van der Waals surface area contributed by atoms with Crippen molar-refractivity contribution in [3.63, 3.8) is 0 Å². The normalized spacial score (nSPS) is 10.4. The Kier molecular flexibility index (Phi) is 5.56. The summed E-state index contributed by atoms with van der Waals surface area (Å²) in [7, 11) is 0. The summed E-state index contributed by atoms with van der Waals surface area (Å²) in [5, 5.41) is 24.0. The van der Waals surface area contributed by atoms with E-state index in [1.807, 2.05) is 30.3 Å². The molecule has 98 valence electrons. The highest BCUT2D eigenvalue weighted by Crippen LogP contribution is 1.96. The minimum Gasteiger partial charge on any atom is -0.410 e. The number of carbonyl (C=O) groups excluding carboxylic acids is 2. The molecule has 19 heavy (non-hydrogen) atoms. The van der Waals surface area contributed by atoms with Crippen molar-refractivity contribution in [1.82, 2.24) is 10.6 Å². The molecule has 0 unspecified atom stereocenters. The van der Waals surface area contributed by atoms with Crippen molar-refractivity contribution in [2.45, 2.75) is 6.54 Å². The summed E-state index contributed by atoms with van der Waals surface area (Å²) in [4.78, 5) is 22.6. The highest BCUT2D eigenvalue weighted by atomic mass is 16.4. The average molecular weight is 260 g/mol. The molecule has 0 aliphatic carbocycles. The number of rotatable bonds is 5. The Hall–Kier alpha value is -2.88. The molecule has 1 aromatic carbocycles.